The zero-order chi connectivity index (χ0) is 24.4. The minimum absolute atomic E-state index is 0.0229. The molecule has 0 unspecified atom stereocenters. The maximum absolute atomic E-state index is 12.8. The molecule has 2 aliphatic rings. The summed E-state index contributed by atoms with van der Waals surface area (Å²) in [6, 6.07) is 16.4. The van der Waals surface area contributed by atoms with Gasteiger partial charge in [-0.15, -0.1) is 0 Å². The van der Waals surface area contributed by atoms with Gasteiger partial charge in [0.1, 0.15) is 0 Å². The van der Waals surface area contributed by atoms with Gasteiger partial charge in [-0.25, -0.2) is 0 Å². The number of nitrogens with one attached hydrogen (secondary N) is 2. The summed E-state index contributed by atoms with van der Waals surface area (Å²) in [5.41, 5.74) is 3.91. The number of fused-ring (bicyclic) bond motifs is 3. The van der Waals surface area contributed by atoms with Crippen LogP contribution in [0, 0.1) is 0 Å². The zero-order valence-electron chi connectivity index (χ0n) is 21.6. The molecule has 3 aromatic rings. The molecule has 1 amide bonds. The minimum Gasteiger partial charge on any atom is -0.358 e. The number of piperidine rings is 1. The molecule has 5 rings (SSSR count). The summed E-state index contributed by atoms with van der Waals surface area (Å²) in [6.45, 7) is 10.7. The highest BCUT2D eigenvalue weighted by atomic mass is 16.2. The molecule has 0 saturated carbocycles. The van der Waals surface area contributed by atoms with Crippen LogP contribution in [0.2, 0.25) is 0 Å². The quantitative estimate of drug-likeness (QED) is 0.518. The third kappa shape index (κ3) is 4.84. The van der Waals surface area contributed by atoms with Crippen LogP contribution in [0.5, 0.6) is 0 Å². The maximum Gasteiger partial charge on any atom is 0.237 e. The molecule has 2 saturated heterocycles. The summed E-state index contributed by atoms with van der Waals surface area (Å²) in [6.07, 6.45) is 4.43. The number of para-hydroxylation sites is 1. The predicted octanol–water partition coefficient (Wildman–Crippen LogP) is 3.97. The van der Waals surface area contributed by atoms with Crippen LogP contribution >= 0.6 is 0 Å². The molecule has 0 spiro atoms. The fourth-order valence-corrected chi connectivity index (χ4v) is 6.44. The number of rotatable bonds is 8. The number of nitrogens with zero attached hydrogens (tertiary/aromatic N) is 3. The molecule has 6 nitrogen and oxygen atoms in total. The number of aromatic nitrogens is 1. The van der Waals surface area contributed by atoms with E-state index in [4.69, 9.17) is 0 Å². The van der Waals surface area contributed by atoms with Gasteiger partial charge in [0.2, 0.25) is 5.91 Å². The minimum atomic E-state index is -0.0229. The number of aryl methyl sites for hydroxylation is 1. The lowest BCUT2D eigenvalue weighted by Gasteiger charge is -2.38. The van der Waals surface area contributed by atoms with Crippen molar-refractivity contribution in [2.75, 3.05) is 33.2 Å². The average molecular weight is 476 g/mol. The molecule has 188 valence electrons. The lowest BCUT2D eigenvalue weighted by atomic mass is 10.0. The van der Waals surface area contributed by atoms with Gasteiger partial charge >= 0.3 is 0 Å². The van der Waals surface area contributed by atoms with E-state index in [0.29, 0.717) is 12.1 Å². The van der Waals surface area contributed by atoms with E-state index in [0.717, 1.165) is 39.1 Å². The van der Waals surface area contributed by atoms with Crippen LogP contribution in [0.3, 0.4) is 0 Å². The Morgan fingerprint density at radius 1 is 1.03 bits per heavy atom. The van der Waals surface area contributed by atoms with E-state index in [1.165, 1.54) is 53.2 Å². The normalized spacial score (nSPS) is 22.4. The first-order valence-corrected chi connectivity index (χ1v) is 13.6. The maximum atomic E-state index is 12.8. The van der Waals surface area contributed by atoms with E-state index in [1.807, 2.05) is 0 Å². The van der Waals surface area contributed by atoms with Crippen molar-refractivity contribution in [2.45, 2.75) is 70.7 Å². The van der Waals surface area contributed by atoms with E-state index in [1.54, 1.807) is 7.05 Å². The van der Waals surface area contributed by atoms with Crippen molar-refractivity contribution in [1.82, 2.24) is 25.0 Å². The molecule has 0 aliphatic carbocycles. The second-order valence-corrected chi connectivity index (χ2v) is 10.3. The molecule has 2 fully saturated rings. The molecule has 2 atom stereocenters. The number of hydrogen-bond donors (Lipinski definition) is 2. The Labute approximate surface area is 209 Å². The van der Waals surface area contributed by atoms with Gasteiger partial charge in [0, 0.05) is 60.6 Å². The molecule has 2 aliphatic heterocycles. The van der Waals surface area contributed by atoms with Crippen molar-refractivity contribution in [2.24, 2.45) is 0 Å². The molecule has 6 heteroatoms. The Morgan fingerprint density at radius 3 is 2.54 bits per heavy atom. The predicted molar refractivity (Wildman–Crippen MR) is 145 cm³/mol. The monoisotopic (exact) mass is 475 g/mol. The Bertz CT molecular complexity index is 1160. The summed E-state index contributed by atoms with van der Waals surface area (Å²) >= 11 is 0. The van der Waals surface area contributed by atoms with Crippen LogP contribution < -0.4 is 10.6 Å². The Morgan fingerprint density at radius 2 is 1.80 bits per heavy atom. The van der Waals surface area contributed by atoms with Crippen LogP contribution in [0.25, 0.3) is 21.8 Å². The molecule has 1 aromatic heterocycles. The van der Waals surface area contributed by atoms with Gasteiger partial charge in [0.15, 0.2) is 0 Å². The van der Waals surface area contributed by atoms with Gasteiger partial charge in [-0.2, -0.15) is 0 Å². The smallest absolute Gasteiger partial charge is 0.237 e. The largest absolute Gasteiger partial charge is 0.358 e. The van der Waals surface area contributed by atoms with E-state index >= 15 is 0 Å². The first-order chi connectivity index (χ1) is 17.1. The van der Waals surface area contributed by atoms with Crippen molar-refractivity contribution in [3.05, 3.63) is 48.0 Å². The van der Waals surface area contributed by atoms with E-state index in [-0.39, 0.29) is 11.9 Å². The number of carbonyl (C=O) groups excluding carboxylic acids is 1. The summed E-state index contributed by atoms with van der Waals surface area (Å²) in [5.74, 6) is 0.166. The highest BCUT2D eigenvalue weighted by Crippen LogP contribution is 2.30. The van der Waals surface area contributed by atoms with Crippen molar-refractivity contribution in [3.8, 4) is 0 Å². The SMILES string of the molecule is CCCN1CCC(N2C[C@H](NCc3ccc4c(c3)c3ccccc3n4CC)C[C@H]2C(=O)NC)CC1. The van der Waals surface area contributed by atoms with Gasteiger partial charge in [-0.3, -0.25) is 9.69 Å². The Balaban J connectivity index is 1.28. The number of carbonyl (C=O) groups is 1. The average Bonchev–Trinajstić information content (AvgIpc) is 3.46. The van der Waals surface area contributed by atoms with E-state index in [2.05, 4.69) is 81.3 Å². The van der Waals surface area contributed by atoms with Gasteiger partial charge in [0.25, 0.3) is 0 Å². The second-order valence-electron chi connectivity index (χ2n) is 10.3. The van der Waals surface area contributed by atoms with Crippen LogP contribution in [0.4, 0.5) is 0 Å². The molecule has 2 N–H and O–H groups in total. The summed E-state index contributed by atoms with van der Waals surface area (Å²) in [5, 5.41) is 9.38. The molecule has 0 bridgehead atoms. The van der Waals surface area contributed by atoms with Gasteiger partial charge in [-0.05, 0) is 76.0 Å². The first-order valence-electron chi connectivity index (χ1n) is 13.6. The lowest BCUT2D eigenvalue weighted by Crippen LogP contribution is -2.51. The number of hydrogen-bond acceptors (Lipinski definition) is 4. The third-order valence-corrected chi connectivity index (χ3v) is 8.20. The number of likely N-dealkylation sites (N-methyl/N-ethyl adjacent to an activating group) is 1. The highest BCUT2D eigenvalue weighted by Gasteiger charge is 2.40. The van der Waals surface area contributed by atoms with Gasteiger partial charge in [0.05, 0.1) is 6.04 Å². The van der Waals surface area contributed by atoms with Crippen molar-refractivity contribution >= 4 is 27.7 Å². The molecule has 2 aromatic carbocycles. The third-order valence-electron chi connectivity index (χ3n) is 8.20. The van der Waals surface area contributed by atoms with E-state index in [9.17, 15) is 4.79 Å². The zero-order valence-corrected chi connectivity index (χ0v) is 21.6. The molecule has 35 heavy (non-hydrogen) atoms. The molecule has 0 radical (unpaired) electrons. The van der Waals surface area contributed by atoms with Gasteiger partial charge < -0.3 is 20.1 Å². The van der Waals surface area contributed by atoms with Crippen molar-refractivity contribution in [1.29, 1.82) is 0 Å². The lowest BCUT2D eigenvalue weighted by molar-refractivity contribution is -0.126. The number of amides is 1. The summed E-state index contributed by atoms with van der Waals surface area (Å²) in [4.78, 5) is 17.8. The van der Waals surface area contributed by atoms with E-state index < -0.39 is 0 Å². The van der Waals surface area contributed by atoms with Crippen molar-refractivity contribution < 1.29 is 4.79 Å². The number of benzene rings is 2. The van der Waals surface area contributed by atoms with Gasteiger partial charge in [-0.1, -0.05) is 31.2 Å². The molecule has 3 heterocycles. The Kier molecular flexibility index (Phi) is 7.42. The second kappa shape index (κ2) is 10.7. The standard InChI is InChI=1S/C29H41N5O/c1-4-14-32-15-12-23(13-16-32)34-20-22(18-28(34)29(35)30-3)31-19-21-10-11-27-25(17-21)24-8-6-7-9-26(24)33(27)5-2/h6-11,17,22-23,28,31H,4-5,12-16,18-20H2,1-3H3,(H,30,35)/t22-,28+/m1/s1. The highest BCUT2D eigenvalue weighted by molar-refractivity contribution is 6.08. The Hall–Kier alpha value is -2.41. The molecular formula is C29H41N5O. The summed E-state index contributed by atoms with van der Waals surface area (Å²) in [7, 11) is 1.77. The fourth-order valence-electron chi connectivity index (χ4n) is 6.44. The molecular weight excluding hydrogens is 434 g/mol. The van der Waals surface area contributed by atoms with Crippen molar-refractivity contribution in [3.63, 3.8) is 0 Å². The number of likely N-dealkylation sites (tertiary alicyclic amines) is 2. The fraction of sp³-hybridized carbons (Fsp3) is 0.552. The van der Waals surface area contributed by atoms with Crippen LogP contribution in [-0.2, 0) is 17.9 Å². The van der Waals surface area contributed by atoms with Crippen LogP contribution in [0.15, 0.2) is 42.5 Å². The topological polar surface area (TPSA) is 52.5 Å². The van der Waals surface area contributed by atoms with Crippen LogP contribution in [0.1, 0.15) is 45.1 Å². The summed E-state index contributed by atoms with van der Waals surface area (Å²) < 4.78 is 2.40. The van der Waals surface area contributed by atoms with Crippen LogP contribution in [-0.4, -0.2) is 71.6 Å². The first kappa shape index (κ1) is 24.3.